The fourth-order valence-corrected chi connectivity index (χ4v) is 3.28. The van der Waals surface area contributed by atoms with Crippen molar-refractivity contribution in [3.8, 4) is 16.9 Å². The highest BCUT2D eigenvalue weighted by molar-refractivity contribution is 5.63. The van der Waals surface area contributed by atoms with Gasteiger partial charge in [-0.15, -0.1) is 0 Å². The molecule has 0 unspecified atom stereocenters. The Morgan fingerprint density at radius 3 is 2.18 bits per heavy atom. The van der Waals surface area contributed by atoms with Crippen LogP contribution in [0, 0.1) is 13.8 Å². The van der Waals surface area contributed by atoms with Crippen LogP contribution in [0.25, 0.3) is 11.1 Å². The number of hydrogen-bond acceptors (Lipinski definition) is 3. The summed E-state index contributed by atoms with van der Waals surface area (Å²) in [5.41, 5.74) is 3.80. The molecule has 34 heavy (non-hydrogen) atoms. The zero-order chi connectivity index (χ0) is 24.6. The minimum atomic E-state index is -4.43. The molecule has 0 aliphatic heterocycles. The number of nitrogens with zero attached hydrogens (tertiary/aromatic N) is 1. The van der Waals surface area contributed by atoms with Crippen molar-refractivity contribution in [2.45, 2.75) is 33.1 Å². The first-order valence-electron chi connectivity index (χ1n) is 10.8. The molecule has 3 aromatic carbocycles. The molecule has 7 heteroatoms. The topological polar surface area (TPSA) is 58.1 Å². The summed E-state index contributed by atoms with van der Waals surface area (Å²) in [7, 11) is 0. The van der Waals surface area contributed by atoms with Crippen molar-refractivity contribution in [3.63, 3.8) is 0 Å². The molecule has 0 bridgehead atoms. The third-order valence-electron chi connectivity index (χ3n) is 5.00. The highest BCUT2D eigenvalue weighted by atomic mass is 19.4. The van der Waals surface area contributed by atoms with E-state index in [9.17, 15) is 13.2 Å². The maximum absolute atomic E-state index is 13.1. The summed E-state index contributed by atoms with van der Waals surface area (Å²) in [4.78, 5) is 7.00. The van der Waals surface area contributed by atoms with Crippen LogP contribution in [-0.4, -0.2) is 21.7 Å². The fraction of sp³-hybridized carbons (Fsp3) is 0.222. The third-order valence-corrected chi connectivity index (χ3v) is 5.00. The summed E-state index contributed by atoms with van der Waals surface area (Å²) in [6.45, 7) is 3.81. The molecular formula is C27H27F3N2O2. The van der Waals surface area contributed by atoms with E-state index in [2.05, 4.69) is 9.97 Å². The number of aromatic amines is 1. The van der Waals surface area contributed by atoms with Gasteiger partial charge in [0.1, 0.15) is 18.2 Å². The molecule has 0 atom stereocenters. The molecule has 0 aliphatic rings. The summed E-state index contributed by atoms with van der Waals surface area (Å²) < 4.78 is 44.8. The van der Waals surface area contributed by atoms with Crippen molar-refractivity contribution in [3.05, 3.63) is 107 Å². The van der Waals surface area contributed by atoms with E-state index < -0.39 is 11.7 Å². The zero-order valence-corrected chi connectivity index (χ0v) is 19.1. The third kappa shape index (κ3) is 7.22. The number of hydrogen-bond donors (Lipinski definition) is 2. The van der Waals surface area contributed by atoms with E-state index >= 15 is 0 Å². The Labute approximate surface area is 197 Å². The number of rotatable bonds is 6. The van der Waals surface area contributed by atoms with Crippen LogP contribution in [0.3, 0.4) is 0 Å². The number of halogens is 3. The summed E-state index contributed by atoms with van der Waals surface area (Å²) in [6, 6.07) is 21.6. The molecule has 4 aromatic rings. The van der Waals surface area contributed by atoms with Gasteiger partial charge in [-0.05, 0) is 42.7 Å². The zero-order valence-electron chi connectivity index (χ0n) is 19.1. The minimum absolute atomic E-state index is 0.0845. The molecule has 0 spiro atoms. The Morgan fingerprint density at radius 2 is 1.59 bits per heavy atom. The molecule has 1 aromatic heterocycles. The number of benzene rings is 3. The lowest BCUT2D eigenvalue weighted by Crippen LogP contribution is -2.09. The van der Waals surface area contributed by atoms with Crippen LogP contribution in [0.5, 0.6) is 5.75 Å². The van der Waals surface area contributed by atoms with Crippen molar-refractivity contribution >= 4 is 0 Å². The lowest BCUT2D eigenvalue weighted by molar-refractivity contribution is -0.139. The van der Waals surface area contributed by atoms with Gasteiger partial charge in [0.05, 0.1) is 12.2 Å². The van der Waals surface area contributed by atoms with E-state index in [1.165, 1.54) is 6.07 Å². The van der Waals surface area contributed by atoms with E-state index in [1.54, 1.807) is 19.2 Å². The Balaban J connectivity index is 0.000000302. The first kappa shape index (κ1) is 25.1. The molecule has 0 saturated heterocycles. The standard InChI is InChI=1S/C21H17F3O.C6H10N2O/c1-15-7-12-20(19(13-15)21(22,23)24)25-14-16-8-10-18(11-9-16)17-5-3-2-4-6-17;1-5-4-7-6(8-5)2-3-9/h2-13H,14H2,1H3;4,9H,2-3H2,1H3,(H,7,8). The summed E-state index contributed by atoms with van der Waals surface area (Å²) in [5, 5.41) is 8.47. The number of aryl methyl sites for hydroxylation is 2. The molecule has 0 fully saturated rings. The number of aromatic nitrogens is 2. The van der Waals surface area contributed by atoms with E-state index in [0.717, 1.165) is 34.3 Å². The van der Waals surface area contributed by atoms with Crippen LogP contribution in [0.15, 0.2) is 79.0 Å². The minimum Gasteiger partial charge on any atom is -0.488 e. The number of aliphatic hydroxyl groups is 1. The van der Waals surface area contributed by atoms with Crippen LogP contribution in [-0.2, 0) is 19.2 Å². The second-order valence-corrected chi connectivity index (χ2v) is 7.84. The van der Waals surface area contributed by atoms with Crippen LogP contribution in [0.2, 0.25) is 0 Å². The van der Waals surface area contributed by atoms with Crippen molar-refractivity contribution in [2.75, 3.05) is 6.61 Å². The van der Waals surface area contributed by atoms with Crippen molar-refractivity contribution in [2.24, 2.45) is 0 Å². The molecular weight excluding hydrogens is 441 g/mol. The van der Waals surface area contributed by atoms with Gasteiger partial charge in [-0.2, -0.15) is 13.2 Å². The Hall–Kier alpha value is -3.58. The molecule has 0 aliphatic carbocycles. The number of H-pyrrole nitrogens is 1. The normalized spacial score (nSPS) is 11.0. The van der Waals surface area contributed by atoms with Gasteiger partial charge in [0, 0.05) is 18.3 Å². The van der Waals surface area contributed by atoms with Gasteiger partial charge >= 0.3 is 6.18 Å². The first-order chi connectivity index (χ1) is 16.3. The number of aliphatic hydroxyl groups excluding tert-OH is 1. The van der Waals surface area contributed by atoms with Gasteiger partial charge in [-0.25, -0.2) is 4.98 Å². The van der Waals surface area contributed by atoms with Gasteiger partial charge < -0.3 is 14.8 Å². The highest BCUT2D eigenvalue weighted by Crippen LogP contribution is 2.37. The van der Waals surface area contributed by atoms with Crippen molar-refractivity contribution in [1.82, 2.24) is 9.97 Å². The van der Waals surface area contributed by atoms with Crippen LogP contribution >= 0.6 is 0 Å². The highest BCUT2D eigenvalue weighted by Gasteiger charge is 2.34. The average Bonchev–Trinajstić information content (AvgIpc) is 3.24. The molecule has 4 rings (SSSR count). The number of nitrogens with one attached hydrogen (secondary N) is 1. The number of alkyl halides is 3. The fourth-order valence-electron chi connectivity index (χ4n) is 3.28. The largest absolute Gasteiger partial charge is 0.488 e. The average molecular weight is 469 g/mol. The SMILES string of the molecule is Cc1ccc(OCc2ccc(-c3ccccc3)cc2)c(C(F)(F)F)c1.Cc1cnc(CCO)[nH]1. The lowest BCUT2D eigenvalue weighted by atomic mass is 10.0. The molecule has 178 valence electrons. The second-order valence-electron chi connectivity index (χ2n) is 7.84. The number of ether oxygens (including phenoxy) is 1. The summed E-state index contributed by atoms with van der Waals surface area (Å²) in [5.74, 6) is 0.709. The van der Waals surface area contributed by atoms with Gasteiger partial charge in [-0.1, -0.05) is 66.2 Å². The van der Waals surface area contributed by atoms with Crippen molar-refractivity contribution < 1.29 is 23.0 Å². The predicted octanol–water partition coefficient (Wildman–Crippen LogP) is 6.51. The monoisotopic (exact) mass is 468 g/mol. The maximum atomic E-state index is 13.1. The first-order valence-corrected chi connectivity index (χ1v) is 10.8. The molecule has 4 nitrogen and oxygen atoms in total. The van der Waals surface area contributed by atoms with Gasteiger partial charge in [-0.3, -0.25) is 0 Å². The molecule has 0 amide bonds. The molecule has 0 radical (unpaired) electrons. The quantitative estimate of drug-likeness (QED) is 0.339. The Morgan fingerprint density at radius 1 is 0.912 bits per heavy atom. The smallest absolute Gasteiger partial charge is 0.419 e. The summed E-state index contributed by atoms with van der Waals surface area (Å²) in [6.07, 6.45) is -2.06. The van der Waals surface area contributed by atoms with Crippen molar-refractivity contribution in [1.29, 1.82) is 0 Å². The van der Waals surface area contributed by atoms with Gasteiger partial charge in [0.15, 0.2) is 0 Å². The van der Waals surface area contributed by atoms with Crippen LogP contribution in [0.1, 0.15) is 28.2 Å². The lowest BCUT2D eigenvalue weighted by Gasteiger charge is -2.15. The maximum Gasteiger partial charge on any atom is 0.419 e. The van der Waals surface area contributed by atoms with Crippen LogP contribution in [0.4, 0.5) is 13.2 Å². The van der Waals surface area contributed by atoms with E-state index in [-0.39, 0.29) is 19.0 Å². The second kappa shape index (κ2) is 11.5. The molecule has 2 N–H and O–H groups in total. The Kier molecular flexibility index (Phi) is 8.49. The van der Waals surface area contributed by atoms with E-state index in [1.807, 2.05) is 61.5 Å². The van der Waals surface area contributed by atoms with E-state index in [4.69, 9.17) is 9.84 Å². The van der Waals surface area contributed by atoms with Gasteiger partial charge in [0.2, 0.25) is 0 Å². The molecule has 1 heterocycles. The van der Waals surface area contributed by atoms with Crippen LogP contribution < -0.4 is 4.74 Å². The molecule has 0 saturated carbocycles. The summed E-state index contributed by atoms with van der Waals surface area (Å²) >= 11 is 0. The van der Waals surface area contributed by atoms with E-state index in [0.29, 0.717) is 12.0 Å². The Bertz CT molecular complexity index is 1170. The van der Waals surface area contributed by atoms with Gasteiger partial charge in [0.25, 0.3) is 0 Å². The predicted molar refractivity (Wildman–Crippen MR) is 127 cm³/mol. The number of imidazole rings is 1.